The maximum Gasteiger partial charge on any atom is 0.254 e. The van der Waals surface area contributed by atoms with Gasteiger partial charge in [-0.3, -0.25) is 9.78 Å². The molecule has 1 amide bonds. The molecule has 0 atom stereocenters. The summed E-state index contributed by atoms with van der Waals surface area (Å²) in [7, 11) is 3.04. The molecular formula is C17H20N6O3. The minimum Gasteiger partial charge on any atom is -0.481 e. The molecule has 0 bridgehead atoms. The maximum absolute atomic E-state index is 12.3. The number of nitrogens with one attached hydrogen (secondary N) is 1. The van der Waals surface area contributed by atoms with Crippen molar-refractivity contribution in [1.29, 1.82) is 0 Å². The molecule has 0 saturated carbocycles. The number of amides is 1. The monoisotopic (exact) mass is 356 g/mol. The molecule has 2 aromatic rings. The van der Waals surface area contributed by atoms with E-state index in [1.54, 1.807) is 42.5 Å². The molecule has 0 aromatic carbocycles. The van der Waals surface area contributed by atoms with E-state index in [1.807, 2.05) is 6.07 Å². The zero-order valence-corrected chi connectivity index (χ0v) is 14.6. The van der Waals surface area contributed by atoms with Crippen molar-refractivity contribution in [1.82, 2.24) is 20.1 Å². The van der Waals surface area contributed by atoms with Crippen LogP contribution in [0.15, 0.2) is 58.9 Å². The van der Waals surface area contributed by atoms with Crippen LogP contribution in [0.5, 0.6) is 0 Å². The molecule has 1 N–H and O–H groups in total. The van der Waals surface area contributed by atoms with Gasteiger partial charge in [-0.25, -0.2) is 9.67 Å². The summed E-state index contributed by atoms with van der Waals surface area (Å²) in [5.41, 5.74) is 1.16. The first kappa shape index (κ1) is 19.0. The summed E-state index contributed by atoms with van der Waals surface area (Å²) >= 11 is 0. The van der Waals surface area contributed by atoms with E-state index in [0.717, 1.165) is 5.69 Å². The lowest BCUT2D eigenvalue weighted by atomic mass is 10.3. The van der Waals surface area contributed by atoms with Crippen LogP contribution in [0.1, 0.15) is 10.4 Å². The van der Waals surface area contributed by atoms with Crippen LogP contribution in [0.3, 0.4) is 0 Å². The van der Waals surface area contributed by atoms with Crippen LogP contribution in [0.25, 0.3) is 5.69 Å². The summed E-state index contributed by atoms with van der Waals surface area (Å²) in [6, 6.07) is 3.63. The van der Waals surface area contributed by atoms with E-state index >= 15 is 0 Å². The Bertz CT molecular complexity index is 798. The lowest BCUT2D eigenvalue weighted by Crippen LogP contribution is -2.28. The van der Waals surface area contributed by atoms with Gasteiger partial charge in [0.1, 0.15) is 0 Å². The number of carbonyl (C=O) groups excluding carboxylic acids is 1. The number of aromatic nitrogens is 3. The van der Waals surface area contributed by atoms with Gasteiger partial charge in [0.2, 0.25) is 5.88 Å². The Labute approximate surface area is 151 Å². The van der Waals surface area contributed by atoms with Gasteiger partial charge in [0.25, 0.3) is 5.91 Å². The highest BCUT2D eigenvalue weighted by Crippen LogP contribution is 2.06. The van der Waals surface area contributed by atoms with Crippen molar-refractivity contribution in [3.8, 4) is 5.69 Å². The molecule has 2 heterocycles. The number of methoxy groups -OCH3 is 2. The summed E-state index contributed by atoms with van der Waals surface area (Å²) in [6.45, 7) is 3.89. The summed E-state index contributed by atoms with van der Waals surface area (Å²) in [5, 5.41) is 6.87. The highest BCUT2D eigenvalue weighted by molar-refractivity contribution is 5.98. The number of amidine groups is 1. The van der Waals surface area contributed by atoms with E-state index in [9.17, 15) is 4.79 Å². The predicted octanol–water partition coefficient (Wildman–Crippen LogP) is 1.23. The van der Waals surface area contributed by atoms with Gasteiger partial charge in [-0.05, 0) is 18.9 Å². The first-order valence-corrected chi connectivity index (χ1v) is 7.68. The summed E-state index contributed by atoms with van der Waals surface area (Å²) in [6.07, 6.45) is 8.05. The molecule has 0 aliphatic carbocycles. The van der Waals surface area contributed by atoms with Crippen molar-refractivity contribution >= 4 is 18.5 Å². The molecule has 0 fully saturated rings. The molecular weight excluding hydrogens is 336 g/mol. The Morgan fingerprint density at radius 2 is 2.27 bits per heavy atom. The molecule has 26 heavy (non-hydrogen) atoms. The second kappa shape index (κ2) is 9.84. The van der Waals surface area contributed by atoms with Crippen LogP contribution in [0.2, 0.25) is 0 Å². The molecule has 0 aliphatic heterocycles. The molecule has 9 heteroatoms. The number of aliphatic imine (C=N–C) groups is 2. The molecule has 0 aliphatic rings. The van der Waals surface area contributed by atoms with E-state index in [-0.39, 0.29) is 12.5 Å². The third kappa shape index (κ3) is 5.35. The van der Waals surface area contributed by atoms with Crippen molar-refractivity contribution in [3.05, 3.63) is 54.4 Å². The van der Waals surface area contributed by atoms with Crippen molar-refractivity contribution in [3.63, 3.8) is 0 Å². The Morgan fingerprint density at radius 1 is 1.42 bits per heavy atom. The fourth-order valence-electron chi connectivity index (χ4n) is 1.92. The quantitative estimate of drug-likeness (QED) is 0.435. The predicted molar refractivity (Wildman–Crippen MR) is 97.6 cm³/mol. The van der Waals surface area contributed by atoms with Crippen LogP contribution in [0, 0.1) is 0 Å². The molecule has 0 unspecified atom stereocenters. The number of rotatable bonds is 8. The zero-order valence-electron chi connectivity index (χ0n) is 14.6. The van der Waals surface area contributed by atoms with Crippen molar-refractivity contribution in [2.75, 3.05) is 27.4 Å². The minimum atomic E-state index is -0.309. The fourth-order valence-corrected chi connectivity index (χ4v) is 1.92. The lowest BCUT2D eigenvalue weighted by Gasteiger charge is -2.05. The Morgan fingerprint density at radius 3 is 2.92 bits per heavy atom. The molecule has 0 saturated heterocycles. The van der Waals surface area contributed by atoms with E-state index in [0.29, 0.717) is 23.9 Å². The third-order valence-corrected chi connectivity index (χ3v) is 3.22. The largest absolute Gasteiger partial charge is 0.481 e. The summed E-state index contributed by atoms with van der Waals surface area (Å²) in [4.78, 5) is 24.3. The third-order valence-electron chi connectivity index (χ3n) is 3.22. The van der Waals surface area contributed by atoms with Gasteiger partial charge in [-0.2, -0.15) is 10.1 Å². The smallest absolute Gasteiger partial charge is 0.254 e. The van der Waals surface area contributed by atoms with Crippen molar-refractivity contribution in [2.45, 2.75) is 0 Å². The van der Waals surface area contributed by atoms with Crippen LogP contribution in [0.4, 0.5) is 0 Å². The molecule has 2 rings (SSSR count). The Kier molecular flexibility index (Phi) is 7.19. The first-order valence-electron chi connectivity index (χ1n) is 7.68. The van der Waals surface area contributed by atoms with Gasteiger partial charge >= 0.3 is 0 Å². The number of hydrogen-bond acceptors (Lipinski definition) is 6. The van der Waals surface area contributed by atoms with Crippen LogP contribution in [-0.2, 0) is 9.47 Å². The first-order chi connectivity index (χ1) is 12.7. The zero-order chi connectivity index (χ0) is 18.8. The number of nitrogens with zero attached hydrogens (tertiary/aromatic N) is 5. The van der Waals surface area contributed by atoms with Crippen LogP contribution >= 0.6 is 0 Å². The minimum absolute atomic E-state index is 0.0914. The number of hydrogen-bond donors (Lipinski definition) is 1. The normalized spacial score (nSPS) is 11.9. The molecule has 2 aromatic heterocycles. The van der Waals surface area contributed by atoms with Gasteiger partial charge in [0, 0.05) is 25.6 Å². The summed E-state index contributed by atoms with van der Waals surface area (Å²) in [5.74, 6) is 0.325. The fraction of sp³-hybridized carbons (Fsp3) is 0.235. The SMILES string of the molecule is C=N/C(CNC(=O)c1cnn(-c2cccnc2)c1)=N\C(=C/COC)OC. The van der Waals surface area contributed by atoms with E-state index in [4.69, 9.17) is 9.47 Å². The van der Waals surface area contributed by atoms with Crippen molar-refractivity contribution in [2.24, 2.45) is 9.98 Å². The van der Waals surface area contributed by atoms with Crippen LogP contribution < -0.4 is 5.32 Å². The van der Waals surface area contributed by atoms with Gasteiger partial charge in [0.05, 0.1) is 43.9 Å². The average molecular weight is 356 g/mol. The highest BCUT2D eigenvalue weighted by Gasteiger charge is 2.10. The number of carbonyl (C=O) groups is 1. The van der Waals surface area contributed by atoms with Crippen LogP contribution in [-0.4, -0.2) is 60.6 Å². The highest BCUT2D eigenvalue weighted by atomic mass is 16.5. The number of pyridine rings is 1. The Balaban J connectivity index is 2.01. The molecule has 136 valence electrons. The second-order valence-corrected chi connectivity index (χ2v) is 4.96. The van der Waals surface area contributed by atoms with Gasteiger partial charge in [-0.15, -0.1) is 0 Å². The summed E-state index contributed by atoms with van der Waals surface area (Å²) < 4.78 is 11.6. The van der Waals surface area contributed by atoms with Gasteiger partial charge in [0.15, 0.2) is 5.84 Å². The van der Waals surface area contributed by atoms with E-state index < -0.39 is 0 Å². The number of ether oxygens (including phenoxy) is 2. The Hall–Kier alpha value is -3.33. The standard InChI is InChI=1S/C17H20N6O3/c1-18-15(22-16(26-3)6-8-25-2)11-20-17(24)13-9-21-23(12-13)14-5-4-7-19-10-14/h4-7,9-10,12H,1,8,11H2,2-3H3,(H,20,24)/b16-6+,22-15-. The van der Waals surface area contributed by atoms with Gasteiger partial charge in [-0.1, -0.05) is 0 Å². The second-order valence-electron chi connectivity index (χ2n) is 4.96. The molecule has 9 nitrogen and oxygen atoms in total. The van der Waals surface area contributed by atoms with E-state index in [2.05, 4.69) is 32.1 Å². The van der Waals surface area contributed by atoms with Gasteiger partial charge < -0.3 is 14.8 Å². The molecule has 0 radical (unpaired) electrons. The topological polar surface area (TPSA) is 103 Å². The lowest BCUT2D eigenvalue weighted by molar-refractivity contribution is 0.0959. The van der Waals surface area contributed by atoms with E-state index in [1.165, 1.54) is 13.3 Å². The maximum atomic E-state index is 12.3. The van der Waals surface area contributed by atoms with Crippen molar-refractivity contribution < 1.29 is 14.3 Å². The average Bonchev–Trinajstić information content (AvgIpc) is 3.18. The molecule has 0 spiro atoms.